The molecule has 0 atom stereocenters. The van der Waals surface area contributed by atoms with Crippen molar-refractivity contribution in [3.8, 4) is 11.8 Å². The number of methoxy groups -OCH3 is 1. The van der Waals surface area contributed by atoms with Gasteiger partial charge in [0, 0.05) is 12.2 Å². The molecule has 1 heterocycles. The predicted molar refractivity (Wildman–Crippen MR) is 76.7 cm³/mol. The number of para-hydroxylation sites is 1. The van der Waals surface area contributed by atoms with Crippen molar-refractivity contribution < 1.29 is 4.74 Å². The Hall–Kier alpha value is -2.61. The van der Waals surface area contributed by atoms with Crippen LogP contribution in [0.15, 0.2) is 30.3 Å². The van der Waals surface area contributed by atoms with Gasteiger partial charge in [0.1, 0.15) is 17.5 Å². The molecule has 102 valence electrons. The van der Waals surface area contributed by atoms with Gasteiger partial charge in [0.05, 0.1) is 7.11 Å². The highest BCUT2D eigenvalue weighted by molar-refractivity contribution is 5.36. The average Bonchev–Trinajstić information content (AvgIpc) is 2.47. The van der Waals surface area contributed by atoms with E-state index in [2.05, 4.69) is 15.3 Å². The van der Waals surface area contributed by atoms with E-state index in [4.69, 9.17) is 10.00 Å². The fourth-order valence-corrected chi connectivity index (χ4v) is 1.92. The van der Waals surface area contributed by atoms with Crippen LogP contribution in [0.3, 0.4) is 0 Å². The van der Waals surface area contributed by atoms with Gasteiger partial charge in [-0.2, -0.15) is 5.26 Å². The molecule has 1 N–H and O–H groups in total. The lowest BCUT2D eigenvalue weighted by Crippen LogP contribution is -2.09. The predicted octanol–water partition coefficient (Wildman–Crippen LogP) is 2.32. The van der Waals surface area contributed by atoms with E-state index in [9.17, 15) is 0 Å². The second-order valence-corrected chi connectivity index (χ2v) is 4.32. The molecular weight excluding hydrogens is 252 g/mol. The second kappa shape index (κ2) is 6.53. The van der Waals surface area contributed by atoms with Gasteiger partial charge in [0.25, 0.3) is 0 Å². The molecule has 0 aliphatic heterocycles. The van der Waals surface area contributed by atoms with Crippen LogP contribution in [0.2, 0.25) is 0 Å². The molecule has 2 rings (SSSR count). The zero-order chi connectivity index (χ0) is 14.4. The summed E-state index contributed by atoms with van der Waals surface area (Å²) in [4.78, 5) is 8.36. The highest BCUT2D eigenvalue weighted by Gasteiger charge is 2.03. The average molecular weight is 268 g/mol. The quantitative estimate of drug-likeness (QED) is 0.901. The zero-order valence-corrected chi connectivity index (χ0v) is 11.6. The Labute approximate surface area is 118 Å². The maximum atomic E-state index is 8.87. The molecule has 0 bridgehead atoms. The molecule has 2 aromatic rings. The molecule has 0 aliphatic rings. The van der Waals surface area contributed by atoms with Gasteiger partial charge in [-0.15, -0.1) is 0 Å². The standard InChI is InChI=1S/C15H16N4O/c1-11-9-13(10-16)19-15(18-11)17-8-7-12-5-3-4-6-14(12)20-2/h3-6,9H,7-8H2,1-2H3,(H,17,18,19). The minimum atomic E-state index is 0.372. The van der Waals surface area contributed by atoms with Gasteiger partial charge in [-0.3, -0.25) is 0 Å². The van der Waals surface area contributed by atoms with Gasteiger partial charge in [0.2, 0.25) is 5.95 Å². The second-order valence-electron chi connectivity index (χ2n) is 4.32. The minimum Gasteiger partial charge on any atom is -0.496 e. The maximum Gasteiger partial charge on any atom is 0.224 e. The van der Waals surface area contributed by atoms with Crippen LogP contribution in [0.5, 0.6) is 5.75 Å². The van der Waals surface area contributed by atoms with Crippen molar-refractivity contribution in [2.24, 2.45) is 0 Å². The molecule has 0 saturated heterocycles. The normalized spacial score (nSPS) is 9.85. The summed E-state index contributed by atoms with van der Waals surface area (Å²) in [5, 5.41) is 12.0. The van der Waals surface area contributed by atoms with E-state index in [1.807, 2.05) is 37.3 Å². The Morgan fingerprint density at radius 3 is 2.85 bits per heavy atom. The SMILES string of the molecule is COc1ccccc1CCNc1nc(C)cc(C#N)n1. The first-order valence-corrected chi connectivity index (χ1v) is 6.34. The summed E-state index contributed by atoms with van der Waals surface area (Å²) in [6, 6.07) is 11.6. The Bertz CT molecular complexity index is 634. The molecule has 20 heavy (non-hydrogen) atoms. The number of aryl methyl sites for hydroxylation is 1. The summed E-state index contributed by atoms with van der Waals surface area (Å²) < 4.78 is 5.30. The van der Waals surface area contributed by atoms with Crippen LogP contribution in [0.25, 0.3) is 0 Å². The molecular formula is C15H16N4O. The molecule has 0 amide bonds. The van der Waals surface area contributed by atoms with Crippen molar-refractivity contribution in [1.29, 1.82) is 5.26 Å². The molecule has 0 unspecified atom stereocenters. The fraction of sp³-hybridized carbons (Fsp3) is 0.267. The highest BCUT2D eigenvalue weighted by Crippen LogP contribution is 2.17. The van der Waals surface area contributed by atoms with Crippen molar-refractivity contribution in [2.75, 3.05) is 19.0 Å². The van der Waals surface area contributed by atoms with Crippen LogP contribution >= 0.6 is 0 Å². The van der Waals surface area contributed by atoms with E-state index in [0.29, 0.717) is 18.2 Å². The first-order chi connectivity index (χ1) is 9.72. The molecule has 5 nitrogen and oxygen atoms in total. The number of aromatic nitrogens is 2. The summed E-state index contributed by atoms with van der Waals surface area (Å²) in [6.45, 7) is 2.52. The van der Waals surface area contributed by atoms with Crippen LogP contribution in [-0.4, -0.2) is 23.6 Å². The number of ether oxygens (including phenoxy) is 1. The molecule has 1 aromatic heterocycles. The summed E-state index contributed by atoms with van der Waals surface area (Å²) in [5.41, 5.74) is 2.27. The topological polar surface area (TPSA) is 70.8 Å². The van der Waals surface area contributed by atoms with Gasteiger partial charge in [-0.05, 0) is 31.0 Å². The number of rotatable bonds is 5. The fourth-order valence-electron chi connectivity index (χ4n) is 1.92. The molecule has 1 aromatic carbocycles. The first kappa shape index (κ1) is 13.8. The molecule has 0 spiro atoms. The third kappa shape index (κ3) is 3.45. The Balaban J connectivity index is 1.99. The largest absolute Gasteiger partial charge is 0.496 e. The van der Waals surface area contributed by atoms with Crippen molar-refractivity contribution in [3.05, 3.63) is 47.3 Å². The van der Waals surface area contributed by atoms with Crippen molar-refractivity contribution >= 4 is 5.95 Å². The van der Waals surface area contributed by atoms with Crippen LogP contribution in [0.1, 0.15) is 17.0 Å². The smallest absolute Gasteiger partial charge is 0.224 e. The van der Waals surface area contributed by atoms with Crippen molar-refractivity contribution in [1.82, 2.24) is 9.97 Å². The number of nitrogens with zero attached hydrogens (tertiary/aromatic N) is 3. The molecule has 5 heteroatoms. The third-order valence-corrected chi connectivity index (χ3v) is 2.84. The third-order valence-electron chi connectivity index (χ3n) is 2.84. The van der Waals surface area contributed by atoms with Crippen molar-refractivity contribution in [2.45, 2.75) is 13.3 Å². The Kier molecular flexibility index (Phi) is 4.51. The van der Waals surface area contributed by atoms with Crippen LogP contribution in [-0.2, 0) is 6.42 Å². The lowest BCUT2D eigenvalue weighted by Gasteiger charge is -2.09. The van der Waals surface area contributed by atoms with E-state index in [1.54, 1.807) is 13.2 Å². The van der Waals surface area contributed by atoms with E-state index >= 15 is 0 Å². The molecule has 0 saturated carbocycles. The number of anilines is 1. The van der Waals surface area contributed by atoms with Gasteiger partial charge in [0.15, 0.2) is 0 Å². The number of nitriles is 1. The summed E-state index contributed by atoms with van der Waals surface area (Å²) in [5.74, 6) is 1.36. The maximum absolute atomic E-state index is 8.87. The van der Waals surface area contributed by atoms with Gasteiger partial charge < -0.3 is 10.1 Å². The van der Waals surface area contributed by atoms with E-state index in [0.717, 1.165) is 23.4 Å². The van der Waals surface area contributed by atoms with E-state index in [1.165, 1.54) is 0 Å². The zero-order valence-electron chi connectivity index (χ0n) is 11.6. The van der Waals surface area contributed by atoms with Gasteiger partial charge in [-0.25, -0.2) is 9.97 Å². The van der Waals surface area contributed by atoms with E-state index < -0.39 is 0 Å². The van der Waals surface area contributed by atoms with E-state index in [-0.39, 0.29) is 0 Å². The number of nitrogens with one attached hydrogen (secondary N) is 1. The van der Waals surface area contributed by atoms with Crippen LogP contribution in [0.4, 0.5) is 5.95 Å². The minimum absolute atomic E-state index is 0.372. The number of benzene rings is 1. The number of hydrogen-bond donors (Lipinski definition) is 1. The highest BCUT2D eigenvalue weighted by atomic mass is 16.5. The Morgan fingerprint density at radius 2 is 2.10 bits per heavy atom. The van der Waals surface area contributed by atoms with Crippen LogP contribution in [0, 0.1) is 18.3 Å². The lowest BCUT2D eigenvalue weighted by molar-refractivity contribution is 0.410. The molecule has 0 fully saturated rings. The first-order valence-electron chi connectivity index (χ1n) is 6.34. The summed E-state index contributed by atoms with van der Waals surface area (Å²) in [7, 11) is 1.66. The lowest BCUT2D eigenvalue weighted by atomic mass is 10.1. The molecule has 0 aliphatic carbocycles. The van der Waals surface area contributed by atoms with Gasteiger partial charge in [-0.1, -0.05) is 18.2 Å². The van der Waals surface area contributed by atoms with Gasteiger partial charge >= 0.3 is 0 Å². The Morgan fingerprint density at radius 1 is 1.30 bits per heavy atom. The molecule has 0 radical (unpaired) electrons. The number of hydrogen-bond acceptors (Lipinski definition) is 5. The van der Waals surface area contributed by atoms with Crippen molar-refractivity contribution in [3.63, 3.8) is 0 Å². The summed E-state index contributed by atoms with van der Waals surface area (Å²) in [6.07, 6.45) is 0.795. The summed E-state index contributed by atoms with van der Waals surface area (Å²) >= 11 is 0. The van der Waals surface area contributed by atoms with Crippen LogP contribution < -0.4 is 10.1 Å². The monoisotopic (exact) mass is 268 g/mol.